The number of urea groups is 6. The molecule has 0 radical (unpaired) electrons. The number of piperazine rings is 1. The number of hydroxylamine groups is 12. The number of amides is 18. The second-order valence-corrected chi connectivity index (χ2v) is 41.6. The highest BCUT2D eigenvalue weighted by atomic mass is 32.3. The number of rotatable bonds is 25. The van der Waals surface area contributed by atoms with Crippen LogP contribution in [0.1, 0.15) is 109 Å². The van der Waals surface area contributed by atoms with Crippen LogP contribution in [0.15, 0.2) is 24.5 Å². The molecule has 17 saturated heterocycles. The maximum atomic E-state index is 12.5. The van der Waals surface area contributed by atoms with E-state index in [1.165, 1.54) is 34.4 Å². The Morgan fingerprint density at radius 3 is 0.863 bits per heavy atom. The Labute approximate surface area is 801 Å². The molecule has 17 fully saturated rings. The molecule has 12 bridgehead atoms. The lowest BCUT2D eigenvalue weighted by Gasteiger charge is -2.33. The number of fused-ring (bicyclic) bond motifs is 12. The Kier molecular flexibility index (Phi) is 35.0. The Balaban J connectivity index is 0.000000141. The van der Waals surface area contributed by atoms with E-state index in [-0.39, 0.29) is 68.8 Å². The maximum absolute atomic E-state index is 12.5. The fourth-order valence-electron chi connectivity index (χ4n) is 18.6. The fourth-order valence-corrected chi connectivity index (χ4v) is 21.8. The summed E-state index contributed by atoms with van der Waals surface area (Å²) in [5.74, 6) is 0.0102. The van der Waals surface area contributed by atoms with Crippen LogP contribution in [-0.2, 0) is 122 Å². The lowest BCUT2D eigenvalue weighted by molar-refractivity contribution is -0.133. The van der Waals surface area contributed by atoms with Gasteiger partial charge in [0.05, 0.1) is 61.3 Å². The van der Waals surface area contributed by atoms with E-state index >= 15 is 0 Å². The highest BCUT2D eigenvalue weighted by Crippen LogP contribution is 2.38. The smallest absolute Gasteiger partial charge is 0.379 e. The van der Waals surface area contributed by atoms with Crippen molar-refractivity contribution in [2.24, 2.45) is 0 Å². The van der Waals surface area contributed by atoms with Gasteiger partial charge in [-0.1, -0.05) is 6.42 Å². The van der Waals surface area contributed by atoms with E-state index in [2.05, 4.69) is 68.6 Å². The van der Waals surface area contributed by atoms with Crippen molar-refractivity contribution >= 4 is 151 Å². The molecule has 0 aliphatic carbocycles. The van der Waals surface area contributed by atoms with Gasteiger partial charge < -0.3 is 39.5 Å². The largest absolute Gasteiger partial charge is 0.418 e. The topological polar surface area (TPSA) is 751 Å². The van der Waals surface area contributed by atoms with E-state index in [9.17, 15) is 108 Å². The molecule has 63 nitrogen and oxygen atoms in total. The number of carbonyl (C=O) groups is 12. The summed E-state index contributed by atoms with van der Waals surface area (Å²) in [6.45, 7) is 10.8. The van der Waals surface area contributed by atoms with Crippen molar-refractivity contribution in [1.29, 1.82) is 0 Å². The van der Waals surface area contributed by atoms with Crippen molar-refractivity contribution in [1.82, 2.24) is 128 Å². The lowest BCUT2D eigenvalue weighted by atomic mass is 10.0. The summed E-state index contributed by atoms with van der Waals surface area (Å²) < 4.78 is 214. The summed E-state index contributed by atoms with van der Waals surface area (Å²) >= 11 is 1.82. The molecular weight excluding hydrogens is 2010 g/mol. The third-order valence-corrected chi connectivity index (χ3v) is 28.1. The molecule has 18 amide bonds. The van der Waals surface area contributed by atoms with Crippen LogP contribution in [0.25, 0.3) is 0 Å². The summed E-state index contributed by atoms with van der Waals surface area (Å²) in [7, 11) is -27.0. The number of morpholine rings is 1. The molecule has 0 aromatic carbocycles. The average molecular weight is 2120 g/mol. The fraction of sp³-hybridized carbons (Fsp3) is 0.754. The van der Waals surface area contributed by atoms with Crippen LogP contribution in [-0.4, -0.2) is 461 Å². The van der Waals surface area contributed by atoms with Gasteiger partial charge in [-0.15, -0.1) is 25.7 Å². The number of nitrogens with zero attached hydrogens (tertiary/aromatic N) is 19. The van der Waals surface area contributed by atoms with Crippen molar-refractivity contribution in [3.05, 3.63) is 24.5 Å². The number of hydrazine groups is 6. The molecule has 139 heavy (non-hydrogen) atoms. The molecule has 1 aromatic heterocycles. The van der Waals surface area contributed by atoms with Crippen molar-refractivity contribution in [3.63, 3.8) is 0 Å². The molecule has 1 aromatic rings. The number of piperidine rings is 7. The van der Waals surface area contributed by atoms with E-state index in [1.54, 1.807) is 41.6 Å². The summed E-state index contributed by atoms with van der Waals surface area (Å²) in [5, 5.41) is 17.4. The van der Waals surface area contributed by atoms with Gasteiger partial charge in [0.25, 0.3) is 35.4 Å². The van der Waals surface area contributed by atoms with Gasteiger partial charge in [-0.3, -0.25) is 98.6 Å². The van der Waals surface area contributed by atoms with Crippen LogP contribution in [0.4, 0.5) is 34.5 Å². The number of aromatic nitrogens is 1. The van der Waals surface area contributed by atoms with Gasteiger partial charge in [0, 0.05) is 143 Å². The number of carbonyl (C=O) groups excluding carboxylic acids is 12. The van der Waals surface area contributed by atoms with Crippen molar-refractivity contribution in [2.75, 3.05) is 155 Å². The van der Waals surface area contributed by atoms with Crippen molar-refractivity contribution in [2.45, 2.75) is 182 Å². The van der Waals surface area contributed by atoms with Crippen LogP contribution in [0.3, 0.4) is 0 Å². The highest BCUT2D eigenvalue weighted by Gasteiger charge is 2.57. The number of pyridine rings is 1. The second-order valence-electron chi connectivity index (χ2n) is 34.4. The molecule has 70 heteroatoms. The minimum absolute atomic E-state index is 0.142. The molecule has 0 saturated carbocycles. The number of ether oxygens (including phenoxy) is 1. The first-order valence-corrected chi connectivity index (χ1v) is 53.5. The van der Waals surface area contributed by atoms with Crippen LogP contribution in [0.2, 0.25) is 0 Å². The van der Waals surface area contributed by atoms with Gasteiger partial charge in [-0.05, 0) is 115 Å². The van der Waals surface area contributed by atoms with E-state index in [4.69, 9.17) is 32.1 Å². The Morgan fingerprint density at radius 1 is 0.360 bits per heavy atom. The van der Waals surface area contributed by atoms with E-state index in [0.717, 1.165) is 96.0 Å². The van der Waals surface area contributed by atoms with Gasteiger partial charge in [0.15, 0.2) is 0 Å². The molecule has 17 aliphatic rings. The molecule has 18 rings (SSSR count). The van der Waals surface area contributed by atoms with Crippen LogP contribution < -0.4 is 42.9 Å². The summed E-state index contributed by atoms with van der Waals surface area (Å²) in [5.41, 5.74) is 17.3. The Bertz CT molecular complexity index is 4970. The first-order valence-electron chi connectivity index (χ1n) is 44.2. The molecule has 12 atom stereocenters. The van der Waals surface area contributed by atoms with Gasteiger partial charge in [-0.25, -0.2) is 53.8 Å². The van der Waals surface area contributed by atoms with Crippen LogP contribution in [0, 0.1) is 0 Å². The van der Waals surface area contributed by atoms with Crippen LogP contribution in [0.5, 0.6) is 0 Å². The maximum Gasteiger partial charge on any atom is 0.418 e. The monoisotopic (exact) mass is 2120 g/mol. The molecular formula is C69H110N26O37S7. The number of thioether (sulfide) groups is 1. The zero-order valence-electron chi connectivity index (χ0n) is 74.5. The van der Waals surface area contributed by atoms with Gasteiger partial charge in [-0.2, -0.15) is 92.6 Å². The lowest BCUT2D eigenvalue weighted by Crippen LogP contribution is -2.57. The van der Waals surface area contributed by atoms with Gasteiger partial charge in [0.2, 0.25) is 0 Å². The normalized spacial score (nSPS) is 27.9. The minimum Gasteiger partial charge on any atom is -0.379 e. The predicted octanol–water partition coefficient (Wildman–Crippen LogP) is -6.48. The Morgan fingerprint density at radius 2 is 0.604 bits per heavy atom. The quantitative estimate of drug-likeness (QED) is 0.0320. The molecule has 780 valence electrons. The molecule has 0 unspecified atom stereocenters. The molecule has 18 heterocycles. The zero-order chi connectivity index (χ0) is 101. The first kappa shape index (κ1) is 107. The highest BCUT2D eigenvalue weighted by molar-refractivity contribution is 7.99. The van der Waals surface area contributed by atoms with Gasteiger partial charge in [0.1, 0.15) is 36.3 Å². The molecule has 17 aliphatic heterocycles. The minimum atomic E-state index is -4.81. The standard InChI is InChI=1S/C13H17N5O6S.C12H20N4O6S.C11H19N5O6S.C11H18N4O7S.C11H18N4O6S2.C11H18N4O6S/c1-16(9-3-2-6-14-7-9)15-12(19)11-5-4-10-8-17(11)13(20)18(10)24-25(21,22)23;17-11(13-14-6-2-1-3-7-14)10-5-4-9-8-15(10)12(18)16(9)22-23(19,20)21;17-10(13-14-5-3-12-4-6-14)9-2-1-8-7-15(9)11(18)16(8)22-23(19,20)21;16-10(12-13-3-5-21-6-4-13)9-2-1-8-7-14(9)11(17)15(8)22-23(18,19)20;16-10(12-13-3-5-22-6-4-13)9-2-1-8-7-14(9)11(17)15(8)21-23(18,19)20;16-10(12-13-5-1-2-6-13)9-4-3-8-7-14(9)11(17)15(8)21-22(18,19)20/h2-3,6-7,10-11H,4-5,8H2,1H3,(H,15,19)(H,21,22,23);9-10H,1-8H2,(H,13,17)(H,19,20,21);8-9,12H,1-7H2,(H,13,17)(H,19,20,21);2*8-9H,1-7H2,(H,12,16)(H,18,19,20);8-9H,1-7H2,(H,12,16)(H,18,19,20)/t10-,11+;9-,10+;4*8-,9+/m111111/s1. The summed E-state index contributed by atoms with van der Waals surface area (Å²) in [6.07, 6.45) is 13.2. The average Bonchev–Trinajstić information content (AvgIpc) is 1.62. The van der Waals surface area contributed by atoms with E-state index in [0.29, 0.717) is 153 Å². The Hall–Kier alpha value is -9.32. The third kappa shape index (κ3) is 28.4. The summed E-state index contributed by atoms with van der Waals surface area (Å²) in [6, 6.07) is -8.03. The van der Waals surface area contributed by atoms with E-state index < -0.39 is 177 Å². The molecule has 13 N–H and O–H groups in total. The SMILES string of the molecule is CN(NC(=O)[C@@H]1CC[C@@H]2CN1C(=O)N2OS(=O)(=O)O)c1cccnc1.O=C(NN1CCCC1)[C@@H]1CC[C@@H]2CN1C(=O)N2OS(=O)(=O)O.O=C(NN1CCCCC1)[C@@H]1CC[C@@H]2CN1C(=O)N2OS(=O)(=O)O.O=C(NN1CCNCC1)[C@@H]1CC[C@@H]2CN1C(=O)N2OS(=O)(=O)O.O=C(NN1CCOCC1)[C@@H]1CC[C@@H]2CN1C(=O)N2OS(=O)(=O)O.O=C(NN1CCSCC1)[C@@H]1CC[C@@H]2CN1C(=O)N2OS(=O)(=O)O. The number of anilines is 1. The third-order valence-electron chi connectivity index (χ3n) is 25.1. The van der Waals surface area contributed by atoms with Crippen molar-refractivity contribution < 1.29 is 166 Å². The van der Waals surface area contributed by atoms with Gasteiger partial charge >= 0.3 is 98.6 Å². The number of nitrogens with one attached hydrogen (secondary N) is 7. The second kappa shape index (κ2) is 45.5. The van der Waals surface area contributed by atoms with Crippen LogP contribution >= 0.6 is 11.8 Å². The predicted molar refractivity (Wildman–Crippen MR) is 464 cm³/mol. The number of hydrogen-bond donors (Lipinski definition) is 13. The molecule has 0 spiro atoms. The van der Waals surface area contributed by atoms with E-state index in [1.807, 2.05) is 26.8 Å². The number of hydrogen-bond acceptors (Lipinski definition) is 40. The van der Waals surface area contributed by atoms with Crippen molar-refractivity contribution in [3.8, 4) is 0 Å². The zero-order valence-corrected chi connectivity index (χ0v) is 80.2. The first-order chi connectivity index (χ1) is 65.5. The summed E-state index contributed by atoms with van der Waals surface area (Å²) in [4.78, 5) is 159.